The lowest BCUT2D eigenvalue weighted by Gasteiger charge is -2.05. The van der Waals surface area contributed by atoms with Gasteiger partial charge in [0.15, 0.2) is 5.76 Å². The molecule has 0 fully saturated rings. The Morgan fingerprint density at radius 1 is 1.19 bits per heavy atom. The van der Waals surface area contributed by atoms with Crippen molar-refractivity contribution < 1.29 is 19.4 Å². The number of Topliss-reactive ketones (excluding diaryl/α,β-unsaturated/α-hetero) is 1. The summed E-state index contributed by atoms with van der Waals surface area (Å²) in [4.78, 5) is 12.2. The molecule has 0 aromatic heterocycles. The molecule has 0 saturated heterocycles. The molecule has 0 saturated carbocycles. The first-order valence-corrected chi connectivity index (χ1v) is 6.50. The van der Waals surface area contributed by atoms with Gasteiger partial charge >= 0.3 is 0 Å². The van der Waals surface area contributed by atoms with E-state index in [1.54, 1.807) is 19.3 Å². The van der Waals surface area contributed by atoms with Gasteiger partial charge in [-0.05, 0) is 48.4 Å². The summed E-state index contributed by atoms with van der Waals surface area (Å²) in [5, 5.41) is 9.43. The van der Waals surface area contributed by atoms with Crippen molar-refractivity contribution >= 4 is 11.9 Å². The highest BCUT2D eigenvalue weighted by Crippen LogP contribution is 2.34. The van der Waals surface area contributed by atoms with E-state index in [2.05, 4.69) is 0 Å². The number of benzene rings is 2. The number of phenols is 1. The van der Waals surface area contributed by atoms with Gasteiger partial charge in [-0.2, -0.15) is 0 Å². The van der Waals surface area contributed by atoms with Crippen molar-refractivity contribution in [2.75, 3.05) is 7.11 Å². The first-order valence-electron chi connectivity index (χ1n) is 6.50. The Kier molecular flexibility index (Phi) is 3.14. The van der Waals surface area contributed by atoms with E-state index in [4.69, 9.17) is 9.47 Å². The summed E-state index contributed by atoms with van der Waals surface area (Å²) in [5.41, 5.74) is 2.30. The first-order chi connectivity index (χ1) is 10.1. The Balaban J connectivity index is 1.95. The molecule has 0 bridgehead atoms. The fourth-order valence-corrected chi connectivity index (χ4v) is 2.32. The average molecular weight is 282 g/mol. The molecule has 0 amide bonds. The van der Waals surface area contributed by atoms with Gasteiger partial charge in [-0.3, -0.25) is 4.79 Å². The monoisotopic (exact) mass is 282 g/mol. The highest BCUT2D eigenvalue weighted by atomic mass is 16.5. The molecule has 0 atom stereocenters. The Labute approximate surface area is 122 Å². The molecule has 2 aromatic carbocycles. The van der Waals surface area contributed by atoms with Crippen LogP contribution in [0.1, 0.15) is 21.5 Å². The van der Waals surface area contributed by atoms with Gasteiger partial charge in [0.05, 0.1) is 12.7 Å². The van der Waals surface area contributed by atoms with Crippen LogP contribution in [-0.2, 0) is 0 Å². The number of allylic oxidation sites excluding steroid dienone is 1. The highest BCUT2D eigenvalue weighted by Gasteiger charge is 2.27. The molecule has 1 N–H and O–H groups in total. The second kappa shape index (κ2) is 4.98. The maximum absolute atomic E-state index is 12.2. The van der Waals surface area contributed by atoms with Gasteiger partial charge in [0, 0.05) is 6.07 Å². The second-order valence-electron chi connectivity index (χ2n) is 4.85. The number of rotatable bonds is 2. The molecule has 106 valence electrons. The van der Waals surface area contributed by atoms with E-state index in [1.165, 1.54) is 12.1 Å². The van der Waals surface area contributed by atoms with E-state index in [1.807, 2.05) is 25.1 Å². The van der Waals surface area contributed by atoms with Crippen LogP contribution < -0.4 is 9.47 Å². The van der Waals surface area contributed by atoms with Crippen LogP contribution in [0.5, 0.6) is 17.2 Å². The quantitative estimate of drug-likeness (QED) is 0.858. The molecule has 3 rings (SSSR count). The lowest BCUT2D eigenvalue weighted by atomic mass is 10.1. The topological polar surface area (TPSA) is 55.8 Å². The number of hydrogen-bond acceptors (Lipinski definition) is 4. The van der Waals surface area contributed by atoms with Gasteiger partial charge < -0.3 is 14.6 Å². The highest BCUT2D eigenvalue weighted by molar-refractivity contribution is 6.14. The number of fused-ring (bicyclic) bond motifs is 1. The van der Waals surface area contributed by atoms with Crippen LogP contribution in [0.4, 0.5) is 0 Å². The van der Waals surface area contributed by atoms with Crippen LogP contribution in [0, 0.1) is 6.92 Å². The summed E-state index contributed by atoms with van der Waals surface area (Å²) in [6, 6.07) is 10.1. The summed E-state index contributed by atoms with van der Waals surface area (Å²) in [5.74, 6) is 1.32. The summed E-state index contributed by atoms with van der Waals surface area (Å²) in [6.45, 7) is 1.94. The Bertz CT molecular complexity index is 759. The molecular weight excluding hydrogens is 268 g/mol. The summed E-state index contributed by atoms with van der Waals surface area (Å²) in [7, 11) is 1.62. The minimum Gasteiger partial charge on any atom is -0.508 e. The Hall–Kier alpha value is -2.75. The number of methoxy groups -OCH3 is 1. The Morgan fingerprint density at radius 3 is 2.71 bits per heavy atom. The molecule has 21 heavy (non-hydrogen) atoms. The first kappa shape index (κ1) is 13.2. The van der Waals surface area contributed by atoms with Crippen molar-refractivity contribution in [3.05, 3.63) is 58.8 Å². The van der Waals surface area contributed by atoms with E-state index in [9.17, 15) is 9.90 Å². The number of carbonyl (C=O) groups is 1. The lowest BCUT2D eigenvalue weighted by Crippen LogP contribution is -1.98. The number of phenolic OH excluding ortho intramolecular Hbond substituents is 1. The molecule has 0 aliphatic carbocycles. The zero-order valence-electron chi connectivity index (χ0n) is 11.7. The SMILES string of the molecule is COc1ccc(C=C2Oc3cc(O)ccc3C2=O)cc1C. The van der Waals surface area contributed by atoms with Gasteiger partial charge in [0.2, 0.25) is 5.78 Å². The van der Waals surface area contributed by atoms with E-state index in [0.29, 0.717) is 11.3 Å². The van der Waals surface area contributed by atoms with E-state index in [0.717, 1.165) is 16.9 Å². The normalized spacial score (nSPS) is 15.0. The fraction of sp³-hybridized carbons (Fsp3) is 0.118. The third-order valence-electron chi connectivity index (χ3n) is 3.37. The van der Waals surface area contributed by atoms with Crippen molar-refractivity contribution in [2.45, 2.75) is 6.92 Å². The van der Waals surface area contributed by atoms with Crippen LogP contribution in [0.15, 0.2) is 42.2 Å². The number of carbonyl (C=O) groups excluding carboxylic acids is 1. The fourth-order valence-electron chi connectivity index (χ4n) is 2.32. The smallest absolute Gasteiger partial charge is 0.231 e. The molecule has 0 spiro atoms. The minimum absolute atomic E-state index is 0.0723. The number of ether oxygens (including phenoxy) is 2. The number of aryl methyl sites for hydroxylation is 1. The van der Waals surface area contributed by atoms with Crippen molar-refractivity contribution in [1.29, 1.82) is 0 Å². The van der Waals surface area contributed by atoms with Gasteiger partial charge in [0.25, 0.3) is 0 Å². The molecule has 1 aliphatic rings. The summed E-state index contributed by atoms with van der Waals surface area (Å²) < 4.78 is 10.7. The summed E-state index contributed by atoms with van der Waals surface area (Å²) >= 11 is 0. The maximum Gasteiger partial charge on any atom is 0.231 e. The standard InChI is InChI=1S/C17H14O4/c1-10-7-11(3-6-14(10)20-2)8-16-17(19)13-5-4-12(18)9-15(13)21-16/h3-9,18H,1-2H3. The lowest BCUT2D eigenvalue weighted by molar-refractivity contribution is 0.101. The van der Waals surface area contributed by atoms with Crippen LogP contribution in [0.25, 0.3) is 6.08 Å². The van der Waals surface area contributed by atoms with Gasteiger partial charge in [-0.1, -0.05) is 6.07 Å². The molecule has 0 unspecified atom stereocenters. The van der Waals surface area contributed by atoms with Crippen LogP contribution in [0.3, 0.4) is 0 Å². The van der Waals surface area contributed by atoms with Crippen LogP contribution in [-0.4, -0.2) is 18.0 Å². The minimum atomic E-state index is -0.182. The molecule has 2 aromatic rings. The van der Waals surface area contributed by atoms with E-state index >= 15 is 0 Å². The summed E-state index contributed by atoms with van der Waals surface area (Å²) in [6.07, 6.45) is 1.69. The molecule has 1 aliphatic heterocycles. The van der Waals surface area contributed by atoms with Crippen molar-refractivity contribution in [3.63, 3.8) is 0 Å². The Morgan fingerprint density at radius 2 is 2.00 bits per heavy atom. The average Bonchev–Trinajstić information content (AvgIpc) is 2.75. The van der Waals surface area contributed by atoms with Crippen molar-refractivity contribution in [3.8, 4) is 17.2 Å². The zero-order valence-corrected chi connectivity index (χ0v) is 11.7. The van der Waals surface area contributed by atoms with Crippen molar-refractivity contribution in [2.24, 2.45) is 0 Å². The third kappa shape index (κ3) is 2.36. The predicted octanol–water partition coefficient (Wildman–Crippen LogP) is 3.33. The number of ketones is 1. The van der Waals surface area contributed by atoms with Crippen LogP contribution >= 0.6 is 0 Å². The molecule has 4 nitrogen and oxygen atoms in total. The second-order valence-corrected chi connectivity index (χ2v) is 4.85. The van der Waals surface area contributed by atoms with E-state index < -0.39 is 0 Å². The third-order valence-corrected chi connectivity index (χ3v) is 3.37. The van der Waals surface area contributed by atoms with Crippen molar-refractivity contribution in [1.82, 2.24) is 0 Å². The van der Waals surface area contributed by atoms with Gasteiger partial charge in [0.1, 0.15) is 17.2 Å². The van der Waals surface area contributed by atoms with Gasteiger partial charge in [-0.25, -0.2) is 0 Å². The van der Waals surface area contributed by atoms with Crippen LogP contribution in [0.2, 0.25) is 0 Å². The largest absolute Gasteiger partial charge is 0.508 e. The number of aromatic hydroxyl groups is 1. The predicted molar refractivity (Wildman–Crippen MR) is 78.8 cm³/mol. The molecular formula is C17H14O4. The molecule has 1 heterocycles. The molecule has 0 radical (unpaired) electrons. The molecule has 4 heteroatoms. The maximum atomic E-state index is 12.2. The van der Waals surface area contributed by atoms with E-state index in [-0.39, 0.29) is 17.3 Å². The zero-order chi connectivity index (χ0) is 15.0. The number of hydrogen-bond donors (Lipinski definition) is 1. The van der Waals surface area contributed by atoms with Gasteiger partial charge in [-0.15, -0.1) is 0 Å².